The van der Waals surface area contributed by atoms with Crippen molar-refractivity contribution in [2.45, 2.75) is 22.9 Å². The number of hydrogen-bond acceptors (Lipinski definition) is 6. The molecule has 0 aliphatic heterocycles. The molecule has 2 aromatic carbocycles. The minimum absolute atomic E-state index is 0.0902. The van der Waals surface area contributed by atoms with Gasteiger partial charge in [-0.15, -0.1) is 10.2 Å². The zero-order chi connectivity index (χ0) is 23.0. The normalized spacial score (nSPS) is 11.9. The molecule has 0 saturated carbocycles. The SMILES string of the molecule is FC(F)(F)c1cnc(Sc2nc3ccccc3n2Cc2cccc(-c3nn[nH]n3)c2)c(Cl)c1. The highest BCUT2D eigenvalue weighted by Gasteiger charge is 2.31. The molecule has 3 heterocycles. The molecule has 0 fully saturated rings. The molecular weight excluding hydrogens is 475 g/mol. The van der Waals surface area contributed by atoms with Gasteiger partial charge in [-0.1, -0.05) is 41.9 Å². The number of benzene rings is 2. The first-order chi connectivity index (χ1) is 15.9. The largest absolute Gasteiger partial charge is 0.417 e. The van der Waals surface area contributed by atoms with Crippen molar-refractivity contribution in [3.8, 4) is 11.4 Å². The topological polar surface area (TPSA) is 85.2 Å². The number of nitrogens with one attached hydrogen (secondary N) is 1. The van der Waals surface area contributed by atoms with Gasteiger partial charge in [0.05, 0.1) is 28.2 Å². The lowest BCUT2D eigenvalue weighted by molar-refractivity contribution is -0.137. The van der Waals surface area contributed by atoms with E-state index in [0.717, 1.165) is 46.2 Å². The van der Waals surface area contributed by atoms with E-state index in [1.807, 2.05) is 53.1 Å². The van der Waals surface area contributed by atoms with Crippen LogP contribution in [0.25, 0.3) is 22.4 Å². The first kappa shape index (κ1) is 21.4. The first-order valence-corrected chi connectivity index (χ1v) is 10.8. The third kappa shape index (κ3) is 4.41. The predicted octanol–water partition coefficient (Wildman–Crippen LogP) is 5.48. The third-order valence-electron chi connectivity index (χ3n) is 4.81. The van der Waals surface area contributed by atoms with Gasteiger partial charge in [-0.3, -0.25) is 0 Å². The summed E-state index contributed by atoms with van der Waals surface area (Å²) in [6.45, 7) is 0.451. The molecule has 1 N–H and O–H groups in total. The number of rotatable bonds is 5. The van der Waals surface area contributed by atoms with E-state index in [-0.39, 0.29) is 10.0 Å². The Morgan fingerprint density at radius 3 is 2.67 bits per heavy atom. The fraction of sp³-hybridized carbons (Fsp3) is 0.0952. The average molecular weight is 488 g/mol. The number of aromatic nitrogens is 7. The summed E-state index contributed by atoms with van der Waals surface area (Å²) in [5, 5.41) is 14.7. The Labute approximate surface area is 194 Å². The zero-order valence-electron chi connectivity index (χ0n) is 16.6. The molecule has 3 aromatic heterocycles. The van der Waals surface area contributed by atoms with E-state index in [0.29, 0.717) is 17.5 Å². The summed E-state index contributed by atoms with van der Waals surface area (Å²) in [7, 11) is 0. The molecule has 12 heteroatoms. The fourth-order valence-electron chi connectivity index (χ4n) is 3.30. The van der Waals surface area contributed by atoms with Crippen LogP contribution in [-0.4, -0.2) is 35.2 Å². The van der Waals surface area contributed by atoms with Crippen LogP contribution in [-0.2, 0) is 12.7 Å². The maximum absolute atomic E-state index is 13.0. The molecule has 0 saturated heterocycles. The maximum atomic E-state index is 13.0. The Kier molecular flexibility index (Phi) is 5.51. The minimum Gasteiger partial charge on any atom is -0.314 e. The molecular formula is C21H13ClF3N7S. The molecule has 0 spiro atoms. The van der Waals surface area contributed by atoms with Crippen LogP contribution in [0.2, 0.25) is 5.02 Å². The zero-order valence-corrected chi connectivity index (χ0v) is 18.2. The molecule has 0 amide bonds. The summed E-state index contributed by atoms with van der Waals surface area (Å²) in [6.07, 6.45) is -3.74. The highest BCUT2D eigenvalue weighted by Crippen LogP contribution is 2.37. The number of tetrazole rings is 1. The van der Waals surface area contributed by atoms with E-state index in [1.54, 1.807) is 0 Å². The Bertz CT molecular complexity index is 1430. The molecule has 7 nitrogen and oxygen atoms in total. The Hall–Kier alpha value is -3.44. The number of halogens is 4. The molecule has 0 unspecified atom stereocenters. The van der Waals surface area contributed by atoms with Gasteiger partial charge in [-0.2, -0.15) is 18.4 Å². The van der Waals surface area contributed by atoms with Crippen LogP contribution < -0.4 is 0 Å². The Balaban J connectivity index is 1.52. The maximum Gasteiger partial charge on any atom is 0.417 e. The second-order valence-corrected chi connectivity index (χ2v) is 8.38. The van der Waals surface area contributed by atoms with Gasteiger partial charge < -0.3 is 4.57 Å². The van der Waals surface area contributed by atoms with E-state index in [4.69, 9.17) is 11.6 Å². The highest BCUT2D eigenvalue weighted by atomic mass is 35.5. The second kappa shape index (κ2) is 8.49. The van der Waals surface area contributed by atoms with Gasteiger partial charge in [-0.25, -0.2) is 9.97 Å². The van der Waals surface area contributed by atoms with Crippen molar-refractivity contribution >= 4 is 34.4 Å². The number of imidazole rings is 1. The van der Waals surface area contributed by atoms with Crippen LogP contribution in [0.1, 0.15) is 11.1 Å². The van der Waals surface area contributed by atoms with E-state index >= 15 is 0 Å². The predicted molar refractivity (Wildman–Crippen MR) is 117 cm³/mol. The molecule has 33 heavy (non-hydrogen) atoms. The van der Waals surface area contributed by atoms with Crippen molar-refractivity contribution in [2.24, 2.45) is 0 Å². The van der Waals surface area contributed by atoms with Gasteiger partial charge in [0, 0.05) is 11.8 Å². The van der Waals surface area contributed by atoms with E-state index < -0.39 is 11.7 Å². The molecule has 0 aliphatic carbocycles. The number of para-hydroxylation sites is 2. The summed E-state index contributed by atoms with van der Waals surface area (Å²) in [5.41, 5.74) is 2.47. The number of alkyl halides is 3. The number of H-pyrrole nitrogens is 1. The first-order valence-electron chi connectivity index (χ1n) is 9.57. The molecule has 5 aromatic rings. The third-order valence-corrected chi connectivity index (χ3v) is 6.23. The van der Waals surface area contributed by atoms with Crippen molar-refractivity contribution in [1.82, 2.24) is 35.2 Å². The van der Waals surface area contributed by atoms with Gasteiger partial charge in [0.2, 0.25) is 5.82 Å². The lowest BCUT2D eigenvalue weighted by atomic mass is 10.1. The van der Waals surface area contributed by atoms with Gasteiger partial charge >= 0.3 is 6.18 Å². The number of fused-ring (bicyclic) bond motifs is 1. The van der Waals surface area contributed by atoms with Crippen molar-refractivity contribution in [3.05, 3.63) is 76.9 Å². The summed E-state index contributed by atoms with van der Waals surface area (Å²) in [4.78, 5) is 8.59. The van der Waals surface area contributed by atoms with Gasteiger partial charge in [-0.05, 0) is 46.8 Å². The van der Waals surface area contributed by atoms with Crippen molar-refractivity contribution in [2.75, 3.05) is 0 Å². The fourth-order valence-corrected chi connectivity index (χ4v) is 4.44. The van der Waals surface area contributed by atoms with Crippen molar-refractivity contribution in [3.63, 3.8) is 0 Å². The number of hydrogen-bond donors (Lipinski definition) is 1. The van der Waals surface area contributed by atoms with Gasteiger partial charge in [0.1, 0.15) is 5.03 Å². The van der Waals surface area contributed by atoms with Gasteiger partial charge in [0.15, 0.2) is 5.16 Å². The molecule has 5 rings (SSSR count). The smallest absolute Gasteiger partial charge is 0.314 e. The molecule has 0 aliphatic rings. The summed E-state index contributed by atoms with van der Waals surface area (Å²) < 4.78 is 40.9. The molecule has 166 valence electrons. The van der Waals surface area contributed by atoms with Gasteiger partial charge in [0.25, 0.3) is 0 Å². The average Bonchev–Trinajstić information content (AvgIpc) is 3.44. The standard InChI is InChI=1S/C21H13ClF3N7S/c22-15-9-14(21(23,24)25)10-26-19(15)33-20-27-16-6-1-2-7-17(16)32(20)11-12-4-3-5-13(8-12)18-28-30-31-29-18/h1-10H,11H2,(H,28,29,30,31). The summed E-state index contributed by atoms with van der Waals surface area (Å²) in [5.74, 6) is 0.475. The Morgan fingerprint density at radius 1 is 1.06 bits per heavy atom. The number of nitrogens with zero attached hydrogens (tertiary/aromatic N) is 6. The molecule has 0 bridgehead atoms. The Morgan fingerprint density at radius 2 is 1.91 bits per heavy atom. The highest BCUT2D eigenvalue weighted by molar-refractivity contribution is 7.99. The van der Waals surface area contributed by atoms with Crippen LogP contribution >= 0.6 is 23.4 Å². The summed E-state index contributed by atoms with van der Waals surface area (Å²) >= 11 is 7.24. The molecule has 0 atom stereocenters. The van der Waals surface area contributed by atoms with E-state index in [1.165, 1.54) is 0 Å². The lowest BCUT2D eigenvalue weighted by Gasteiger charge is -2.11. The number of pyridine rings is 1. The minimum atomic E-state index is -4.52. The van der Waals surface area contributed by atoms with Crippen LogP contribution in [0.3, 0.4) is 0 Å². The van der Waals surface area contributed by atoms with Crippen LogP contribution in [0, 0.1) is 0 Å². The second-order valence-electron chi connectivity index (χ2n) is 7.02. The number of aromatic amines is 1. The quantitative estimate of drug-likeness (QED) is 0.353. The molecule has 0 radical (unpaired) electrons. The summed E-state index contributed by atoms with van der Waals surface area (Å²) in [6, 6.07) is 16.1. The van der Waals surface area contributed by atoms with Crippen LogP contribution in [0.4, 0.5) is 13.2 Å². The van der Waals surface area contributed by atoms with Crippen molar-refractivity contribution < 1.29 is 13.2 Å². The van der Waals surface area contributed by atoms with E-state index in [9.17, 15) is 13.2 Å². The van der Waals surface area contributed by atoms with Crippen molar-refractivity contribution in [1.29, 1.82) is 0 Å². The van der Waals surface area contributed by atoms with Crippen LogP contribution in [0.15, 0.2) is 71.0 Å². The monoisotopic (exact) mass is 487 g/mol. The lowest BCUT2D eigenvalue weighted by Crippen LogP contribution is -2.06. The van der Waals surface area contributed by atoms with E-state index in [2.05, 4.69) is 30.6 Å². The van der Waals surface area contributed by atoms with Crippen LogP contribution in [0.5, 0.6) is 0 Å².